The Balaban J connectivity index is 1.79. The van der Waals surface area contributed by atoms with Gasteiger partial charge < -0.3 is 15.4 Å². The predicted octanol–water partition coefficient (Wildman–Crippen LogP) is 1.62. The number of rotatable bonds is 4. The van der Waals surface area contributed by atoms with E-state index >= 15 is 0 Å². The van der Waals surface area contributed by atoms with Crippen molar-refractivity contribution in [2.75, 3.05) is 25.1 Å². The maximum absolute atomic E-state index is 11.7. The van der Waals surface area contributed by atoms with Crippen molar-refractivity contribution in [1.82, 2.24) is 15.1 Å². The summed E-state index contributed by atoms with van der Waals surface area (Å²) in [5.41, 5.74) is 0.788. The summed E-state index contributed by atoms with van der Waals surface area (Å²) in [7, 11) is 0. The van der Waals surface area contributed by atoms with Gasteiger partial charge in [0.25, 0.3) is 0 Å². The van der Waals surface area contributed by atoms with Crippen molar-refractivity contribution in [2.24, 2.45) is 5.41 Å². The molecule has 6 nitrogen and oxygen atoms in total. The Morgan fingerprint density at radius 2 is 2.33 bits per heavy atom. The van der Waals surface area contributed by atoms with Gasteiger partial charge >= 0.3 is 6.03 Å². The number of amides is 2. The molecule has 0 saturated carbocycles. The lowest BCUT2D eigenvalue weighted by Crippen LogP contribution is -2.49. The number of nitrogens with one attached hydrogen (secondary N) is 2. The molecule has 2 amide bonds. The lowest BCUT2D eigenvalue weighted by molar-refractivity contribution is -0.0974. The van der Waals surface area contributed by atoms with Crippen LogP contribution in [0.2, 0.25) is 0 Å². The van der Waals surface area contributed by atoms with E-state index in [4.69, 9.17) is 4.74 Å². The van der Waals surface area contributed by atoms with E-state index in [1.165, 1.54) is 0 Å². The molecule has 1 aliphatic rings. The summed E-state index contributed by atoms with van der Waals surface area (Å²) < 4.78 is 6.94. The minimum atomic E-state index is -0.202. The fourth-order valence-corrected chi connectivity index (χ4v) is 1.71. The molecule has 0 aliphatic carbocycles. The number of hydrogen-bond acceptors (Lipinski definition) is 3. The summed E-state index contributed by atoms with van der Waals surface area (Å²) in [6.07, 6.45) is 3.46. The van der Waals surface area contributed by atoms with E-state index < -0.39 is 0 Å². The Morgan fingerprint density at radius 1 is 1.61 bits per heavy atom. The third-order valence-corrected chi connectivity index (χ3v) is 2.97. The highest BCUT2D eigenvalue weighted by Gasteiger charge is 2.33. The normalized spacial score (nSPS) is 17.3. The smallest absolute Gasteiger partial charge is 0.319 e. The molecule has 0 bridgehead atoms. The molecular formula is C12H20N4O2. The molecule has 1 saturated heterocycles. The summed E-state index contributed by atoms with van der Waals surface area (Å²) >= 11 is 0. The average Bonchev–Trinajstić information content (AvgIpc) is 2.72. The Hall–Kier alpha value is -1.56. The molecule has 1 aliphatic heterocycles. The van der Waals surface area contributed by atoms with Gasteiger partial charge in [0.15, 0.2) is 0 Å². The monoisotopic (exact) mass is 252 g/mol. The van der Waals surface area contributed by atoms with Crippen LogP contribution in [0.15, 0.2) is 12.4 Å². The third-order valence-electron chi connectivity index (χ3n) is 2.97. The fourth-order valence-electron chi connectivity index (χ4n) is 1.71. The van der Waals surface area contributed by atoms with Gasteiger partial charge in [-0.2, -0.15) is 5.10 Å². The molecule has 6 heteroatoms. The van der Waals surface area contributed by atoms with Crippen LogP contribution in [-0.2, 0) is 4.74 Å². The quantitative estimate of drug-likeness (QED) is 0.855. The first-order valence-electron chi connectivity index (χ1n) is 6.15. The number of aromatic nitrogens is 2. The van der Waals surface area contributed by atoms with Gasteiger partial charge in [-0.15, -0.1) is 0 Å². The number of carbonyl (C=O) groups excluding carboxylic acids is 1. The predicted molar refractivity (Wildman–Crippen MR) is 68.6 cm³/mol. The largest absolute Gasteiger partial charge is 0.380 e. The zero-order chi connectivity index (χ0) is 13.2. The number of carbonyl (C=O) groups is 1. The molecule has 2 heterocycles. The van der Waals surface area contributed by atoms with Gasteiger partial charge in [-0.25, -0.2) is 4.79 Å². The zero-order valence-corrected chi connectivity index (χ0v) is 11.1. The van der Waals surface area contributed by atoms with E-state index in [1.807, 2.05) is 20.0 Å². The van der Waals surface area contributed by atoms with Crippen molar-refractivity contribution in [3.05, 3.63) is 12.4 Å². The van der Waals surface area contributed by atoms with Crippen molar-refractivity contribution in [3.8, 4) is 0 Å². The van der Waals surface area contributed by atoms with Gasteiger partial charge in [-0.3, -0.25) is 4.68 Å². The second-order valence-electron chi connectivity index (χ2n) is 5.41. The van der Waals surface area contributed by atoms with Crippen molar-refractivity contribution in [3.63, 3.8) is 0 Å². The van der Waals surface area contributed by atoms with Crippen LogP contribution in [0.1, 0.15) is 26.8 Å². The zero-order valence-electron chi connectivity index (χ0n) is 11.1. The molecule has 0 unspecified atom stereocenters. The summed E-state index contributed by atoms with van der Waals surface area (Å²) in [6, 6.07) is 0.0843. The van der Waals surface area contributed by atoms with Crippen molar-refractivity contribution < 1.29 is 9.53 Å². The lowest BCUT2D eigenvalue weighted by atomic mass is 9.89. The first-order chi connectivity index (χ1) is 8.48. The molecule has 0 aromatic carbocycles. The highest BCUT2D eigenvalue weighted by Crippen LogP contribution is 2.25. The summed E-state index contributed by atoms with van der Waals surface area (Å²) in [5, 5.41) is 9.77. The number of anilines is 1. The van der Waals surface area contributed by atoms with Gasteiger partial charge in [0.2, 0.25) is 0 Å². The number of ether oxygens (including phenoxy) is 1. The SMILES string of the molecule is CC(C)n1cc(NC(=O)NCC2(C)COC2)cn1. The van der Waals surface area contributed by atoms with E-state index in [1.54, 1.807) is 10.9 Å². The second-order valence-corrected chi connectivity index (χ2v) is 5.41. The van der Waals surface area contributed by atoms with Crippen LogP contribution in [-0.4, -0.2) is 35.6 Å². The van der Waals surface area contributed by atoms with E-state index in [9.17, 15) is 4.79 Å². The van der Waals surface area contributed by atoms with Crippen LogP contribution in [0.25, 0.3) is 0 Å². The number of nitrogens with zero attached hydrogens (tertiary/aromatic N) is 2. The van der Waals surface area contributed by atoms with E-state index in [2.05, 4.69) is 22.7 Å². The molecule has 18 heavy (non-hydrogen) atoms. The van der Waals surface area contributed by atoms with Crippen LogP contribution in [0, 0.1) is 5.41 Å². The molecule has 2 rings (SSSR count). The Morgan fingerprint density at radius 3 is 2.83 bits per heavy atom. The van der Waals surface area contributed by atoms with Gasteiger partial charge in [0.05, 0.1) is 25.1 Å². The molecule has 0 spiro atoms. The standard InChI is InChI=1S/C12H20N4O2/c1-9(2)16-5-10(4-14-16)15-11(17)13-6-12(3)7-18-8-12/h4-5,9H,6-8H2,1-3H3,(H2,13,15,17). The lowest BCUT2D eigenvalue weighted by Gasteiger charge is -2.37. The third kappa shape index (κ3) is 3.01. The molecule has 1 aromatic rings. The summed E-state index contributed by atoms with van der Waals surface area (Å²) in [5.74, 6) is 0. The molecule has 2 N–H and O–H groups in total. The van der Waals surface area contributed by atoms with Crippen molar-refractivity contribution in [1.29, 1.82) is 0 Å². The molecule has 1 fully saturated rings. The minimum absolute atomic E-state index is 0.0828. The molecule has 100 valence electrons. The molecular weight excluding hydrogens is 232 g/mol. The van der Waals surface area contributed by atoms with E-state index in [0.717, 1.165) is 0 Å². The van der Waals surface area contributed by atoms with Crippen LogP contribution in [0.4, 0.5) is 10.5 Å². The second kappa shape index (κ2) is 4.97. The van der Waals surface area contributed by atoms with E-state index in [-0.39, 0.29) is 17.5 Å². The number of urea groups is 1. The Bertz CT molecular complexity index is 423. The fraction of sp³-hybridized carbons (Fsp3) is 0.667. The summed E-state index contributed by atoms with van der Waals surface area (Å²) in [4.78, 5) is 11.7. The Labute approximate surface area is 107 Å². The first-order valence-corrected chi connectivity index (χ1v) is 6.15. The molecule has 0 atom stereocenters. The summed E-state index contributed by atoms with van der Waals surface area (Å²) in [6.45, 7) is 8.20. The van der Waals surface area contributed by atoms with Gasteiger partial charge in [0, 0.05) is 24.2 Å². The minimum Gasteiger partial charge on any atom is -0.380 e. The van der Waals surface area contributed by atoms with Crippen molar-refractivity contribution in [2.45, 2.75) is 26.8 Å². The highest BCUT2D eigenvalue weighted by atomic mass is 16.5. The maximum Gasteiger partial charge on any atom is 0.319 e. The van der Waals surface area contributed by atoms with Crippen molar-refractivity contribution >= 4 is 11.7 Å². The van der Waals surface area contributed by atoms with Crippen LogP contribution in [0.3, 0.4) is 0 Å². The molecule has 0 radical (unpaired) electrons. The maximum atomic E-state index is 11.7. The average molecular weight is 252 g/mol. The first kappa shape index (κ1) is 12.9. The van der Waals surface area contributed by atoms with Gasteiger partial charge in [-0.1, -0.05) is 6.92 Å². The molecule has 1 aromatic heterocycles. The van der Waals surface area contributed by atoms with Crippen LogP contribution >= 0.6 is 0 Å². The highest BCUT2D eigenvalue weighted by molar-refractivity contribution is 5.88. The van der Waals surface area contributed by atoms with E-state index in [0.29, 0.717) is 25.4 Å². The Kier molecular flexibility index (Phi) is 3.56. The topological polar surface area (TPSA) is 68.2 Å². The van der Waals surface area contributed by atoms with Crippen LogP contribution < -0.4 is 10.6 Å². The van der Waals surface area contributed by atoms with Crippen LogP contribution in [0.5, 0.6) is 0 Å². The van der Waals surface area contributed by atoms with Gasteiger partial charge in [0.1, 0.15) is 0 Å². The van der Waals surface area contributed by atoms with Gasteiger partial charge in [-0.05, 0) is 13.8 Å². The number of hydrogen-bond donors (Lipinski definition) is 2.